The average Bonchev–Trinajstić information content (AvgIpc) is 3.10. The first-order valence-corrected chi connectivity index (χ1v) is 9.53. The predicted molar refractivity (Wildman–Crippen MR) is 116 cm³/mol. The van der Waals surface area contributed by atoms with E-state index < -0.39 is 11.7 Å². The molecule has 3 rings (SSSR count). The van der Waals surface area contributed by atoms with Crippen molar-refractivity contribution in [3.8, 4) is 17.3 Å². The van der Waals surface area contributed by atoms with E-state index in [1.54, 1.807) is 24.3 Å². The highest BCUT2D eigenvalue weighted by Crippen LogP contribution is 2.21. The Bertz CT molecular complexity index is 1240. The third-order valence-electron chi connectivity index (χ3n) is 4.88. The van der Waals surface area contributed by atoms with Crippen LogP contribution in [0, 0.1) is 5.41 Å². The molecular formula is C22H22N4O6. The number of nitrogens with zero attached hydrogens (tertiary/aromatic N) is 2. The molecule has 0 radical (unpaired) electrons. The van der Waals surface area contributed by atoms with Gasteiger partial charge >= 0.3 is 17.6 Å². The zero-order chi connectivity index (χ0) is 23.4. The fraction of sp³-hybridized carbons (Fsp3) is 0.182. The van der Waals surface area contributed by atoms with Crippen LogP contribution in [0.25, 0.3) is 11.4 Å². The van der Waals surface area contributed by atoms with Crippen molar-refractivity contribution in [2.24, 2.45) is 5.73 Å². The molecule has 0 amide bonds. The number of carbonyl (C=O) groups excluding carboxylic acids is 2. The summed E-state index contributed by atoms with van der Waals surface area (Å²) in [7, 11) is 2.55. The second kappa shape index (κ2) is 9.21. The van der Waals surface area contributed by atoms with Crippen LogP contribution < -0.4 is 11.4 Å². The number of amidine groups is 1. The third kappa shape index (κ3) is 4.38. The van der Waals surface area contributed by atoms with Crippen molar-refractivity contribution in [1.29, 1.82) is 5.41 Å². The number of nitrogens with one attached hydrogen (secondary N) is 1. The number of aryl methyl sites for hydroxylation is 1. The zero-order valence-corrected chi connectivity index (χ0v) is 17.5. The summed E-state index contributed by atoms with van der Waals surface area (Å²) in [5, 5.41) is 18.3. The first kappa shape index (κ1) is 22.3. The summed E-state index contributed by atoms with van der Waals surface area (Å²) in [5.41, 5.74) is 6.85. The number of rotatable bonds is 7. The van der Waals surface area contributed by atoms with Crippen molar-refractivity contribution >= 4 is 17.8 Å². The van der Waals surface area contributed by atoms with Gasteiger partial charge < -0.3 is 20.3 Å². The van der Waals surface area contributed by atoms with E-state index >= 15 is 0 Å². The number of esters is 2. The van der Waals surface area contributed by atoms with Crippen LogP contribution in [0.2, 0.25) is 0 Å². The van der Waals surface area contributed by atoms with E-state index in [9.17, 15) is 19.5 Å². The number of aromatic hydroxyl groups is 1. The number of methoxy groups -OCH3 is 2. The molecule has 0 atom stereocenters. The minimum absolute atomic E-state index is 0.130. The molecule has 10 heteroatoms. The van der Waals surface area contributed by atoms with E-state index in [1.165, 1.54) is 38.6 Å². The Hall–Kier alpha value is -4.34. The quantitative estimate of drug-likeness (QED) is 0.287. The number of carbonyl (C=O) groups is 2. The molecule has 166 valence electrons. The van der Waals surface area contributed by atoms with Crippen LogP contribution >= 0.6 is 0 Å². The van der Waals surface area contributed by atoms with Crippen molar-refractivity contribution < 1.29 is 24.2 Å². The van der Waals surface area contributed by atoms with Gasteiger partial charge in [-0.25, -0.2) is 14.2 Å². The van der Waals surface area contributed by atoms with Crippen LogP contribution in [0.3, 0.4) is 0 Å². The van der Waals surface area contributed by atoms with Gasteiger partial charge in [-0.2, -0.15) is 0 Å². The zero-order valence-electron chi connectivity index (χ0n) is 17.5. The number of nitrogens with two attached hydrogens (primary N) is 1. The van der Waals surface area contributed by atoms with E-state index in [-0.39, 0.29) is 40.9 Å². The summed E-state index contributed by atoms with van der Waals surface area (Å²) < 4.78 is 11.5. The number of imidazole rings is 1. The highest BCUT2D eigenvalue weighted by molar-refractivity contribution is 6.01. The first-order valence-electron chi connectivity index (χ1n) is 9.53. The molecule has 2 aromatic carbocycles. The second-order valence-corrected chi connectivity index (χ2v) is 6.86. The third-order valence-corrected chi connectivity index (χ3v) is 4.88. The Morgan fingerprint density at radius 2 is 1.78 bits per heavy atom. The van der Waals surface area contributed by atoms with Crippen molar-refractivity contribution in [2.75, 3.05) is 14.2 Å². The van der Waals surface area contributed by atoms with Crippen LogP contribution in [0.5, 0.6) is 5.88 Å². The number of nitrogen functional groups attached to an aromatic ring is 1. The maximum absolute atomic E-state index is 13.1. The molecule has 0 aliphatic heterocycles. The normalized spacial score (nSPS) is 10.6. The molecule has 1 heterocycles. The highest BCUT2D eigenvalue weighted by Gasteiger charge is 2.19. The van der Waals surface area contributed by atoms with Gasteiger partial charge in [-0.05, 0) is 42.3 Å². The molecule has 10 nitrogen and oxygen atoms in total. The molecular weight excluding hydrogens is 416 g/mol. The largest absolute Gasteiger partial charge is 0.493 e. The minimum atomic E-state index is -0.612. The highest BCUT2D eigenvalue weighted by atomic mass is 16.5. The fourth-order valence-electron chi connectivity index (χ4n) is 3.22. The lowest BCUT2D eigenvalue weighted by atomic mass is 10.1. The van der Waals surface area contributed by atoms with Gasteiger partial charge in [0.15, 0.2) is 0 Å². The first-order chi connectivity index (χ1) is 15.3. The Balaban J connectivity index is 2.00. The van der Waals surface area contributed by atoms with Gasteiger partial charge in [-0.3, -0.25) is 14.8 Å². The van der Waals surface area contributed by atoms with Gasteiger partial charge in [0.1, 0.15) is 5.84 Å². The Kier molecular flexibility index (Phi) is 6.43. The van der Waals surface area contributed by atoms with Gasteiger partial charge in [0, 0.05) is 12.0 Å². The standard InChI is InChI=1S/C22H22N4O6/c1-31-19(28)10-5-13-3-7-15(8-4-13)26-18(27)12-25(22(26)30)17-9-6-14(21(29)32-2)11-16(17)20(23)24/h3-4,6-9,11-12,27H,5,10H2,1-2H3,(H3,23,24). The van der Waals surface area contributed by atoms with E-state index in [1.807, 2.05) is 0 Å². The van der Waals surface area contributed by atoms with Gasteiger partial charge in [-0.15, -0.1) is 0 Å². The van der Waals surface area contributed by atoms with Crippen LogP contribution in [0.15, 0.2) is 53.5 Å². The monoisotopic (exact) mass is 438 g/mol. The topological polar surface area (TPSA) is 150 Å². The Morgan fingerprint density at radius 3 is 2.38 bits per heavy atom. The number of benzene rings is 2. The predicted octanol–water partition coefficient (Wildman–Crippen LogP) is 1.51. The van der Waals surface area contributed by atoms with Crippen molar-refractivity contribution in [3.05, 3.63) is 75.8 Å². The molecule has 0 saturated heterocycles. The number of hydrogen-bond acceptors (Lipinski definition) is 7. The molecule has 3 aromatic rings. The maximum Gasteiger partial charge on any atom is 0.340 e. The average molecular weight is 438 g/mol. The summed E-state index contributed by atoms with van der Waals surface area (Å²) in [6.45, 7) is 0. The molecule has 32 heavy (non-hydrogen) atoms. The summed E-state index contributed by atoms with van der Waals surface area (Å²) in [6, 6.07) is 11.0. The van der Waals surface area contributed by atoms with E-state index in [0.29, 0.717) is 12.1 Å². The summed E-state index contributed by atoms with van der Waals surface area (Å²) in [5.74, 6) is -1.62. The second-order valence-electron chi connectivity index (χ2n) is 6.86. The Labute approximate surface area is 182 Å². The van der Waals surface area contributed by atoms with Crippen molar-refractivity contribution in [2.45, 2.75) is 12.8 Å². The van der Waals surface area contributed by atoms with Gasteiger partial charge in [-0.1, -0.05) is 12.1 Å². The van der Waals surface area contributed by atoms with Gasteiger partial charge in [0.25, 0.3) is 0 Å². The molecule has 0 fully saturated rings. The van der Waals surface area contributed by atoms with Crippen LogP contribution in [-0.2, 0) is 20.7 Å². The summed E-state index contributed by atoms with van der Waals surface area (Å²) in [4.78, 5) is 36.2. The smallest absolute Gasteiger partial charge is 0.340 e. The van der Waals surface area contributed by atoms with E-state index in [0.717, 1.165) is 14.7 Å². The number of ether oxygens (including phenoxy) is 2. The van der Waals surface area contributed by atoms with E-state index in [2.05, 4.69) is 9.47 Å². The molecule has 0 aliphatic carbocycles. The lowest BCUT2D eigenvalue weighted by Gasteiger charge is -2.10. The SMILES string of the molecule is COC(=O)CCc1ccc(-n2c(O)cn(-c3ccc(C(=O)OC)cc3C(=N)N)c2=O)cc1. The molecule has 0 spiro atoms. The van der Waals surface area contributed by atoms with Crippen LogP contribution in [0.4, 0.5) is 0 Å². The number of aromatic nitrogens is 2. The molecule has 0 saturated carbocycles. The van der Waals surface area contributed by atoms with Crippen molar-refractivity contribution in [3.63, 3.8) is 0 Å². The lowest BCUT2D eigenvalue weighted by molar-refractivity contribution is -0.140. The van der Waals surface area contributed by atoms with Crippen LogP contribution in [0.1, 0.15) is 27.9 Å². The summed E-state index contributed by atoms with van der Waals surface area (Å²) in [6.07, 6.45) is 1.91. The number of hydrogen-bond donors (Lipinski definition) is 3. The van der Waals surface area contributed by atoms with E-state index in [4.69, 9.17) is 11.1 Å². The Morgan fingerprint density at radius 1 is 1.09 bits per heavy atom. The van der Waals surface area contributed by atoms with Crippen molar-refractivity contribution in [1.82, 2.24) is 9.13 Å². The van der Waals surface area contributed by atoms with Crippen LogP contribution in [-0.4, -0.2) is 46.2 Å². The molecule has 0 unspecified atom stereocenters. The lowest BCUT2D eigenvalue weighted by Crippen LogP contribution is -2.25. The minimum Gasteiger partial charge on any atom is -0.493 e. The maximum atomic E-state index is 13.1. The summed E-state index contributed by atoms with van der Waals surface area (Å²) >= 11 is 0. The van der Waals surface area contributed by atoms with Gasteiger partial charge in [0.2, 0.25) is 5.88 Å². The molecule has 0 aliphatic rings. The molecule has 4 N–H and O–H groups in total. The fourth-order valence-corrected chi connectivity index (χ4v) is 3.22. The molecule has 1 aromatic heterocycles. The van der Waals surface area contributed by atoms with Gasteiger partial charge in [0.05, 0.1) is 37.4 Å². The molecule has 0 bridgehead atoms.